The standard InChI is InChI=1S/C15H13BrS/c1-10-13-4-2-3-5-14(13)17-15(10)11-6-8-12(16)9-7-11/h2-10,15H,1H3. The highest BCUT2D eigenvalue weighted by Crippen LogP contribution is 2.53. The molecule has 1 heterocycles. The summed E-state index contributed by atoms with van der Waals surface area (Å²) in [6, 6.07) is 17.5. The average molecular weight is 305 g/mol. The third kappa shape index (κ3) is 2.04. The minimum Gasteiger partial charge on any atom is -0.117 e. The Morgan fingerprint density at radius 3 is 2.41 bits per heavy atom. The van der Waals surface area contributed by atoms with Crippen molar-refractivity contribution in [2.45, 2.75) is 23.0 Å². The van der Waals surface area contributed by atoms with Crippen LogP contribution in [-0.2, 0) is 0 Å². The molecule has 2 heteroatoms. The largest absolute Gasteiger partial charge is 0.117 e. The Morgan fingerprint density at radius 2 is 1.71 bits per heavy atom. The predicted molar refractivity (Wildman–Crippen MR) is 77.6 cm³/mol. The Morgan fingerprint density at radius 1 is 1.00 bits per heavy atom. The van der Waals surface area contributed by atoms with Crippen LogP contribution in [0.2, 0.25) is 0 Å². The second-order valence-electron chi connectivity index (χ2n) is 4.42. The van der Waals surface area contributed by atoms with Gasteiger partial charge in [-0.2, -0.15) is 0 Å². The van der Waals surface area contributed by atoms with E-state index in [9.17, 15) is 0 Å². The first-order valence-electron chi connectivity index (χ1n) is 5.77. The van der Waals surface area contributed by atoms with Crippen LogP contribution in [0, 0.1) is 0 Å². The van der Waals surface area contributed by atoms with E-state index in [2.05, 4.69) is 71.4 Å². The van der Waals surface area contributed by atoms with Crippen LogP contribution in [0.3, 0.4) is 0 Å². The van der Waals surface area contributed by atoms with Gasteiger partial charge in [-0.05, 0) is 35.2 Å². The van der Waals surface area contributed by atoms with E-state index in [0.717, 1.165) is 4.47 Å². The van der Waals surface area contributed by atoms with Gasteiger partial charge in [-0.15, -0.1) is 11.8 Å². The van der Waals surface area contributed by atoms with E-state index >= 15 is 0 Å². The average Bonchev–Trinajstić information content (AvgIpc) is 2.69. The van der Waals surface area contributed by atoms with Gasteiger partial charge < -0.3 is 0 Å². The molecule has 2 aromatic carbocycles. The summed E-state index contributed by atoms with van der Waals surface area (Å²) >= 11 is 5.48. The minimum absolute atomic E-state index is 0.556. The van der Waals surface area contributed by atoms with Gasteiger partial charge in [0, 0.05) is 14.6 Å². The molecule has 0 fully saturated rings. The molecule has 0 saturated heterocycles. The highest BCUT2D eigenvalue weighted by molar-refractivity contribution is 9.10. The lowest BCUT2D eigenvalue weighted by atomic mass is 9.94. The zero-order chi connectivity index (χ0) is 11.8. The first kappa shape index (κ1) is 11.4. The van der Waals surface area contributed by atoms with Crippen molar-refractivity contribution in [1.29, 1.82) is 0 Å². The van der Waals surface area contributed by atoms with Crippen LogP contribution < -0.4 is 0 Å². The van der Waals surface area contributed by atoms with Crippen LogP contribution in [0.15, 0.2) is 57.9 Å². The van der Waals surface area contributed by atoms with E-state index in [1.807, 2.05) is 11.8 Å². The number of thioether (sulfide) groups is 1. The predicted octanol–water partition coefficient (Wildman–Crippen LogP) is 5.40. The van der Waals surface area contributed by atoms with Gasteiger partial charge in [0.1, 0.15) is 0 Å². The summed E-state index contributed by atoms with van der Waals surface area (Å²) in [7, 11) is 0. The number of hydrogen-bond acceptors (Lipinski definition) is 1. The van der Waals surface area contributed by atoms with E-state index in [0.29, 0.717) is 11.2 Å². The summed E-state index contributed by atoms with van der Waals surface area (Å²) in [6.45, 7) is 2.32. The number of halogens is 1. The van der Waals surface area contributed by atoms with Crippen molar-refractivity contribution < 1.29 is 0 Å². The van der Waals surface area contributed by atoms with Crippen molar-refractivity contribution in [3.8, 4) is 0 Å². The van der Waals surface area contributed by atoms with Gasteiger partial charge in [-0.1, -0.05) is 53.2 Å². The molecule has 0 aromatic heterocycles. The fraction of sp³-hybridized carbons (Fsp3) is 0.200. The van der Waals surface area contributed by atoms with E-state index < -0.39 is 0 Å². The molecule has 2 aromatic rings. The molecule has 2 atom stereocenters. The first-order valence-corrected chi connectivity index (χ1v) is 7.44. The van der Waals surface area contributed by atoms with Gasteiger partial charge in [0.05, 0.1) is 0 Å². The summed E-state index contributed by atoms with van der Waals surface area (Å²) in [5.74, 6) is 0.595. The Balaban J connectivity index is 1.96. The summed E-state index contributed by atoms with van der Waals surface area (Å²) < 4.78 is 1.15. The lowest BCUT2D eigenvalue weighted by Gasteiger charge is -2.15. The molecule has 0 radical (unpaired) electrons. The van der Waals surface area contributed by atoms with E-state index in [-0.39, 0.29) is 0 Å². The Labute approximate surface area is 115 Å². The lowest BCUT2D eigenvalue weighted by Crippen LogP contribution is -1.98. The van der Waals surface area contributed by atoms with Gasteiger partial charge in [0.2, 0.25) is 0 Å². The van der Waals surface area contributed by atoms with Crippen LogP contribution in [0.5, 0.6) is 0 Å². The van der Waals surface area contributed by atoms with Crippen LogP contribution >= 0.6 is 27.7 Å². The maximum Gasteiger partial charge on any atom is 0.0410 e. The molecule has 0 saturated carbocycles. The number of fused-ring (bicyclic) bond motifs is 1. The Hall–Kier alpha value is -0.730. The monoisotopic (exact) mass is 304 g/mol. The molecule has 0 amide bonds. The fourth-order valence-electron chi connectivity index (χ4n) is 2.38. The Bertz CT molecular complexity index is 533. The molecule has 0 nitrogen and oxygen atoms in total. The van der Waals surface area contributed by atoms with Crippen LogP contribution in [0.1, 0.15) is 29.2 Å². The van der Waals surface area contributed by atoms with E-state index in [1.54, 1.807) is 0 Å². The van der Waals surface area contributed by atoms with Gasteiger partial charge in [0.25, 0.3) is 0 Å². The van der Waals surface area contributed by atoms with Crippen LogP contribution in [-0.4, -0.2) is 0 Å². The number of rotatable bonds is 1. The molecule has 17 heavy (non-hydrogen) atoms. The molecule has 0 bridgehead atoms. The number of hydrogen-bond donors (Lipinski definition) is 0. The van der Waals surface area contributed by atoms with Crippen LogP contribution in [0.4, 0.5) is 0 Å². The normalized spacial score (nSPS) is 22.5. The van der Waals surface area contributed by atoms with Crippen molar-refractivity contribution in [2.75, 3.05) is 0 Å². The zero-order valence-electron chi connectivity index (χ0n) is 9.56. The lowest BCUT2D eigenvalue weighted by molar-refractivity contribution is 0.752. The molecular weight excluding hydrogens is 292 g/mol. The third-order valence-electron chi connectivity index (χ3n) is 3.32. The summed E-state index contributed by atoms with van der Waals surface area (Å²) in [4.78, 5) is 1.44. The third-order valence-corrected chi connectivity index (χ3v) is 5.40. The second-order valence-corrected chi connectivity index (χ2v) is 6.52. The van der Waals surface area contributed by atoms with Crippen molar-refractivity contribution >= 4 is 27.7 Å². The van der Waals surface area contributed by atoms with Crippen molar-refractivity contribution in [3.05, 3.63) is 64.1 Å². The maximum atomic E-state index is 3.49. The van der Waals surface area contributed by atoms with Gasteiger partial charge in [0.15, 0.2) is 0 Å². The topological polar surface area (TPSA) is 0 Å². The molecule has 86 valence electrons. The number of benzene rings is 2. The molecule has 0 spiro atoms. The molecule has 1 aliphatic heterocycles. The first-order chi connectivity index (χ1) is 8.25. The smallest absolute Gasteiger partial charge is 0.0410 e. The van der Waals surface area contributed by atoms with Crippen LogP contribution in [0.25, 0.3) is 0 Å². The molecular formula is C15H13BrS. The summed E-state index contributed by atoms with van der Waals surface area (Å²) in [6.07, 6.45) is 0. The minimum atomic E-state index is 0.556. The molecule has 2 unspecified atom stereocenters. The maximum absolute atomic E-state index is 3.49. The van der Waals surface area contributed by atoms with Gasteiger partial charge in [-0.3, -0.25) is 0 Å². The van der Waals surface area contributed by atoms with Gasteiger partial charge in [-0.25, -0.2) is 0 Å². The van der Waals surface area contributed by atoms with Crippen molar-refractivity contribution in [1.82, 2.24) is 0 Å². The summed E-state index contributed by atoms with van der Waals surface area (Å²) in [5.41, 5.74) is 2.91. The fourth-order valence-corrected chi connectivity index (χ4v) is 4.10. The highest BCUT2D eigenvalue weighted by atomic mass is 79.9. The highest BCUT2D eigenvalue weighted by Gasteiger charge is 2.30. The second kappa shape index (κ2) is 4.51. The van der Waals surface area contributed by atoms with Crippen molar-refractivity contribution in [2.24, 2.45) is 0 Å². The molecule has 0 aliphatic carbocycles. The quantitative estimate of drug-likeness (QED) is 0.680. The summed E-state index contributed by atoms with van der Waals surface area (Å²) in [5, 5.41) is 0.556. The zero-order valence-corrected chi connectivity index (χ0v) is 12.0. The van der Waals surface area contributed by atoms with E-state index in [4.69, 9.17) is 0 Å². The SMILES string of the molecule is CC1c2ccccc2SC1c1ccc(Br)cc1. The van der Waals surface area contributed by atoms with Crippen molar-refractivity contribution in [3.63, 3.8) is 0 Å². The van der Waals surface area contributed by atoms with E-state index in [1.165, 1.54) is 16.0 Å². The molecule has 3 rings (SSSR count). The van der Waals surface area contributed by atoms with Gasteiger partial charge >= 0.3 is 0 Å². The Kier molecular flexibility index (Phi) is 3.01. The molecule has 1 aliphatic rings. The molecule has 0 N–H and O–H groups in total.